The highest BCUT2D eigenvalue weighted by atomic mass is 35.5. The molecule has 0 aromatic heterocycles. The molecule has 0 aromatic rings. The van der Waals surface area contributed by atoms with Crippen molar-refractivity contribution in [2.45, 2.75) is 31.8 Å². The number of rotatable bonds is 1. The topological polar surface area (TPSA) is 26.3 Å². The predicted molar refractivity (Wildman–Crippen MR) is 41.6 cm³/mol. The molecular formula is C8H11ClO2. The fourth-order valence-electron chi connectivity index (χ4n) is 2.26. The van der Waals surface area contributed by atoms with Gasteiger partial charge >= 0.3 is 5.43 Å². The first-order valence-electron chi connectivity index (χ1n) is 4.12. The maximum absolute atomic E-state index is 10.4. The van der Waals surface area contributed by atoms with Crippen molar-refractivity contribution in [3.05, 3.63) is 0 Å². The number of hydrogen-bond donors (Lipinski definition) is 0. The average molecular weight is 175 g/mol. The molecule has 0 bridgehead atoms. The highest BCUT2D eigenvalue weighted by Crippen LogP contribution is 2.47. The summed E-state index contributed by atoms with van der Waals surface area (Å²) < 4.78 is 4.92. The summed E-state index contributed by atoms with van der Waals surface area (Å²) in [5, 5.41) is 0. The zero-order valence-corrected chi connectivity index (χ0v) is 7.01. The zero-order valence-electron chi connectivity index (χ0n) is 6.25. The molecule has 2 nitrogen and oxygen atoms in total. The summed E-state index contributed by atoms with van der Waals surface area (Å²) in [6.07, 6.45) is 4.85. The highest BCUT2D eigenvalue weighted by molar-refractivity contribution is 6.61. The molecule has 2 aliphatic carbocycles. The second-order valence-electron chi connectivity index (χ2n) is 3.55. The smallest absolute Gasteiger partial charge is 0.404 e. The minimum atomic E-state index is -0.642. The number of halogens is 1. The summed E-state index contributed by atoms with van der Waals surface area (Å²) in [4.78, 5) is 10.4. The van der Waals surface area contributed by atoms with Crippen LogP contribution in [0, 0.1) is 11.8 Å². The third-order valence-electron chi connectivity index (χ3n) is 2.97. The van der Waals surface area contributed by atoms with Crippen molar-refractivity contribution in [3.8, 4) is 0 Å². The van der Waals surface area contributed by atoms with Crippen LogP contribution in [0.5, 0.6) is 0 Å². The molecule has 2 atom stereocenters. The van der Waals surface area contributed by atoms with Gasteiger partial charge < -0.3 is 4.74 Å². The van der Waals surface area contributed by atoms with E-state index < -0.39 is 5.43 Å². The monoisotopic (exact) mass is 174 g/mol. The molecule has 0 spiro atoms. The van der Waals surface area contributed by atoms with Crippen molar-refractivity contribution in [3.63, 3.8) is 0 Å². The Labute approximate surface area is 70.9 Å². The molecule has 3 heteroatoms. The van der Waals surface area contributed by atoms with Gasteiger partial charge in [-0.1, -0.05) is 0 Å². The first kappa shape index (κ1) is 7.41. The van der Waals surface area contributed by atoms with Crippen LogP contribution in [0.2, 0.25) is 0 Å². The van der Waals surface area contributed by atoms with Crippen LogP contribution >= 0.6 is 11.6 Å². The Bertz CT molecular complexity index is 169. The van der Waals surface area contributed by atoms with E-state index in [1.165, 1.54) is 12.8 Å². The lowest BCUT2D eigenvalue weighted by Gasteiger charge is -2.28. The Hall–Kier alpha value is -0.240. The lowest BCUT2D eigenvalue weighted by Crippen LogP contribution is -2.18. The SMILES string of the molecule is O=C(Cl)OC1CC2CCC2C1. The molecule has 0 heterocycles. The van der Waals surface area contributed by atoms with Gasteiger partial charge in [0.05, 0.1) is 0 Å². The van der Waals surface area contributed by atoms with E-state index in [9.17, 15) is 4.79 Å². The molecule has 62 valence electrons. The fourth-order valence-corrected chi connectivity index (χ4v) is 2.38. The molecule has 2 unspecified atom stereocenters. The first-order valence-corrected chi connectivity index (χ1v) is 4.49. The van der Waals surface area contributed by atoms with E-state index in [-0.39, 0.29) is 6.10 Å². The van der Waals surface area contributed by atoms with Crippen molar-refractivity contribution in [2.75, 3.05) is 0 Å². The number of carbonyl (C=O) groups excluding carboxylic acids is 1. The third kappa shape index (κ3) is 1.36. The second kappa shape index (κ2) is 2.67. The van der Waals surface area contributed by atoms with Crippen LogP contribution in [0.3, 0.4) is 0 Å². The first-order chi connectivity index (χ1) is 5.25. The number of carbonyl (C=O) groups is 1. The third-order valence-corrected chi connectivity index (χ3v) is 3.05. The van der Waals surface area contributed by atoms with Gasteiger partial charge in [0.15, 0.2) is 0 Å². The van der Waals surface area contributed by atoms with Crippen molar-refractivity contribution >= 4 is 17.0 Å². The Kier molecular flexibility index (Phi) is 1.80. The van der Waals surface area contributed by atoms with Gasteiger partial charge in [-0.25, -0.2) is 4.79 Å². The molecule has 2 fully saturated rings. The quantitative estimate of drug-likeness (QED) is 0.571. The van der Waals surface area contributed by atoms with Crippen LogP contribution in [-0.2, 0) is 4.74 Å². The van der Waals surface area contributed by atoms with Crippen molar-refractivity contribution in [1.82, 2.24) is 0 Å². The van der Waals surface area contributed by atoms with Gasteiger partial charge in [-0.2, -0.15) is 0 Å². The van der Waals surface area contributed by atoms with Gasteiger partial charge in [0, 0.05) is 11.6 Å². The van der Waals surface area contributed by atoms with Gasteiger partial charge in [0.25, 0.3) is 0 Å². The van der Waals surface area contributed by atoms with Crippen LogP contribution in [0.15, 0.2) is 0 Å². The predicted octanol–water partition coefficient (Wildman–Crippen LogP) is 2.55. The maximum atomic E-state index is 10.4. The number of fused-ring (bicyclic) bond motifs is 1. The molecule has 11 heavy (non-hydrogen) atoms. The standard InChI is InChI=1S/C8H11ClO2/c9-8(10)11-7-3-5-1-2-6(5)4-7/h5-7H,1-4H2. The molecule has 2 aliphatic rings. The highest BCUT2D eigenvalue weighted by Gasteiger charge is 2.41. The summed E-state index contributed by atoms with van der Waals surface area (Å²) in [5.74, 6) is 1.66. The lowest BCUT2D eigenvalue weighted by molar-refractivity contribution is 0.123. The van der Waals surface area contributed by atoms with Gasteiger partial charge in [0.2, 0.25) is 0 Å². The minimum Gasteiger partial charge on any atom is -0.450 e. The van der Waals surface area contributed by atoms with Crippen LogP contribution in [0.4, 0.5) is 4.79 Å². The Morgan fingerprint density at radius 3 is 2.18 bits per heavy atom. The molecule has 0 aromatic carbocycles. The van der Waals surface area contributed by atoms with E-state index in [0.717, 1.165) is 24.7 Å². The van der Waals surface area contributed by atoms with E-state index in [4.69, 9.17) is 16.3 Å². The molecular weight excluding hydrogens is 164 g/mol. The van der Waals surface area contributed by atoms with Crippen molar-refractivity contribution in [1.29, 1.82) is 0 Å². The van der Waals surface area contributed by atoms with Gasteiger partial charge in [0.1, 0.15) is 6.10 Å². The molecule has 2 rings (SSSR count). The molecule has 0 saturated heterocycles. The normalized spacial score (nSPS) is 41.0. The van der Waals surface area contributed by atoms with E-state index >= 15 is 0 Å². The van der Waals surface area contributed by atoms with Gasteiger partial charge in [-0.3, -0.25) is 0 Å². The Balaban J connectivity index is 1.84. The van der Waals surface area contributed by atoms with Gasteiger partial charge in [-0.05, 0) is 37.5 Å². The van der Waals surface area contributed by atoms with Crippen molar-refractivity contribution < 1.29 is 9.53 Å². The van der Waals surface area contributed by atoms with Crippen LogP contribution in [0.25, 0.3) is 0 Å². The minimum absolute atomic E-state index is 0.123. The molecule has 0 N–H and O–H groups in total. The van der Waals surface area contributed by atoms with Crippen LogP contribution in [-0.4, -0.2) is 11.5 Å². The summed E-state index contributed by atoms with van der Waals surface area (Å²) in [7, 11) is 0. The van der Waals surface area contributed by atoms with Crippen LogP contribution < -0.4 is 0 Å². The van der Waals surface area contributed by atoms with E-state index in [1.807, 2.05) is 0 Å². The Morgan fingerprint density at radius 1 is 1.27 bits per heavy atom. The summed E-state index contributed by atoms with van der Waals surface area (Å²) in [6, 6.07) is 0. The zero-order chi connectivity index (χ0) is 7.84. The molecule has 0 amide bonds. The lowest BCUT2D eigenvalue weighted by atomic mass is 9.77. The Morgan fingerprint density at radius 2 is 1.82 bits per heavy atom. The molecule has 0 radical (unpaired) electrons. The summed E-state index contributed by atoms with van der Waals surface area (Å²) >= 11 is 5.11. The van der Waals surface area contributed by atoms with E-state index in [0.29, 0.717) is 0 Å². The largest absolute Gasteiger partial charge is 0.450 e. The molecule has 2 saturated carbocycles. The van der Waals surface area contributed by atoms with Gasteiger partial charge in [-0.15, -0.1) is 0 Å². The number of hydrogen-bond acceptors (Lipinski definition) is 2. The molecule has 0 aliphatic heterocycles. The van der Waals surface area contributed by atoms with E-state index in [1.54, 1.807) is 0 Å². The fraction of sp³-hybridized carbons (Fsp3) is 0.875. The summed E-state index contributed by atoms with van der Waals surface area (Å²) in [5.41, 5.74) is -0.642. The second-order valence-corrected chi connectivity index (χ2v) is 3.86. The van der Waals surface area contributed by atoms with E-state index in [2.05, 4.69) is 0 Å². The number of ether oxygens (including phenoxy) is 1. The van der Waals surface area contributed by atoms with Crippen LogP contribution in [0.1, 0.15) is 25.7 Å². The van der Waals surface area contributed by atoms with Crippen molar-refractivity contribution in [2.24, 2.45) is 11.8 Å². The average Bonchev–Trinajstić information content (AvgIpc) is 2.12. The summed E-state index contributed by atoms with van der Waals surface area (Å²) in [6.45, 7) is 0. The maximum Gasteiger partial charge on any atom is 0.404 e.